The van der Waals surface area contributed by atoms with Gasteiger partial charge in [-0.3, -0.25) is 4.99 Å². The van der Waals surface area contributed by atoms with Crippen LogP contribution in [0, 0.1) is 13.8 Å². The molecule has 150 valence electrons. The van der Waals surface area contributed by atoms with Crippen molar-refractivity contribution in [3.63, 3.8) is 0 Å². The first-order valence-corrected chi connectivity index (χ1v) is 9.66. The number of nitrogens with one attached hydrogen (secondary N) is 2. The molecule has 0 radical (unpaired) electrons. The fourth-order valence-corrected chi connectivity index (χ4v) is 3.20. The number of halogens is 1. The van der Waals surface area contributed by atoms with Gasteiger partial charge in [-0.25, -0.2) is 4.98 Å². The molecule has 0 amide bonds. The molecule has 0 aliphatic rings. The first kappa shape index (κ1) is 23.5. The summed E-state index contributed by atoms with van der Waals surface area (Å²) in [5, 5.41) is 7.68. The normalized spacial score (nSPS) is 10.9. The quantitative estimate of drug-likeness (QED) is 0.237. The maximum Gasteiger partial charge on any atom is 0.191 e. The van der Waals surface area contributed by atoms with Gasteiger partial charge in [-0.05, 0) is 32.9 Å². The molecule has 0 aliphatic heterocycles. The second kappa shape index (κ2) is 12.8. The number of rotatable bonds is 9. The number of benzene rings is 1. The predicted octanol–water partition coefficient (Wildman–Crippen LogP) is 3.56. The van der Waals surface area contributed by atoms with E-state index < -0.39 is 0 Å². The molecule has 2 aromatic rings. The summed E-state index contributed by atoms with van der Waals surface area (Å²) < 4.78 is 10.9. The van der Waals surface area contributed by atoms with E-state index in [0.717, 1.165) is 41.1 Å². The summed E-state index contributed by atoms with van der Waals surface area (Å²) in [5.74, 6) is 2.38. The number of hydrogen-bond donors (Lipinski definition) is 2. The van der Waals surface area contributed by atoms with Gasteiger partial charge in [-0.2, -0.15) is 0 Å². The van der Waals surface area contributed by atoms with Gasteiger partial charge in [0, 0.05) is 30.5 Å². The zero-order valence-corrected chi connectivity index (χ0v) is 19.5. The lowest BCUT2D eigenvalue weighted by Crippen LogP contribution is -2.39. The molecule has 1 aromatic heterocycles. The maximum atomic E-state index is 5.73. The Kier molecular flexibility index (Phi) is 11.1. The van der Waals surface area contributed by atoms with E-state index in [1.54, 1.807) is 18.4 Å². The SMILES string of the molecule is CCNC(=NCCc1nc(C)c(C)s1)NCCOc1cccc(OC)c1.I. The highest BCUT2D eigenvalue weighted by Gasteiger charge is 2.03. The molecule has 0 fully saturated rings. The maximum absolute atomic E-state index is 5.73. The number of hydrogen-bond acceptors (Lipinski definition) is 5. The number of ether oxygens (including phenoxy) is 2. The third-order valence-corrected chi connectivity index (χ3v) is 4.85. The molecule has 1 heterocycles. The minimum atomic E-state index is 0. The van der Waals surface area contributed by atoms with E-state index in [9.17, 15) is 0 Å². The summed E-state index contributed by atoms with van der Waals surface area (Å²) in [5.41, 5.74) is 1.12. The number of aromatic nitrogens is 1. The highest BCUT2D eigenvalue weighted by atomic mass is 127. The van der Waals surface area contributed by atoms with Crippen molar-refractivity contribution in [3.8, 4) is 11.5 Å². The van der Waals surface area contributed by atoms with E-state index >= 15 is 0 Å². The molecule has 0 aliphatic carbocycles. The van der Waals surface area contributed by atoms with E-state index in [4.69, 9.17) is 9.47 Å². The molecule has 0 saturated carbocycles. The molecule has 2 rings (SSSR count). The Morgan fingerprint density at radius 1 is 1.22 bits per heavy atom. The first-order valence-electron chi connectivity index (χ1n) is 8.84. The molecular formula is C19H29IN4O2S. The molecule has 8 heteroatoms. The zero-order valence-electron chi connectivity index (χ0n) is 16.4. The van der Waals surface area contributed by atoms with E-state index in [0.29, 0.717) is 19.7 Å². The van der Waals surface area contributed by atoms with Crippen LogP contribution in [0.1, 0.15) is 22.5 Å². The van der Waals surface area contributed by atoms with Crippen molar-refractivity contribution in [1.29, 1.82) is 0 Å². The lowest BCUT2D eigenvalue weighted by Gasteiger charge is -2.12. The van der Waals surface area contributed by atoms with Crippen LogP contribution in [-0.4, -0.2) is 44.3 Å². The highest BCUT2D eigenvalue weighted by Crippen LogP contribution is 2.18. The topological polar surface area (TPSA) is 67.8 Å². The van der Waals surface area contributed by atoms with Gasteiger partial charge in [-0.15, -0.1) is 35.3 Å². The van der Waals surface area contributed by atoms with Crippen molar-refractivity contribution >= 4 is 41.3 Å². The van der Waals surface area contributed by atoms with Gasteiger partial charge in [0.2, 0.25) is 0 Å². The predicted molar refractivity (Wildman–Crippen MR) is 123 cm³/mol. The molecule has 1 aromatic carbocycles. The largest absolute Gasteiger partial charge is 0.497 e. The lowest BCUT2D eigenvalue weighted by molar-refractivity contribution is 0.319. The average molecular weight is 504 g/mol. The van der Waals surface area contributed by atoms with Crippen LogP contribution >= 0.6 is 35.3 Å². The second-order valence-corrected chi connectivity index (χ2v) is 7.00. The third kappa shape index (κ3) is 8.34. The van der Waals surface area contributed by atoms with E-state index in [1.165, 1.54) is 4.88 Å². The molecule has 6 nitrogen and oxygen atoms in total. The lowest BCUT2D eigenvalue weighted by atomic mass is 10.3. The van der Waals surface area contributed by atoms with E-state index in [-0.39, 0.29) is 24.0 Å². The summed E-state index contributed by atoms with van der Waals surface area (Å²) in [4.78, 5) is 10.4. The standard InChI is InChI=1S/C19H28N4O2S.HI/c1-5-20-19(21-10-9-18-23-14(2)15(3)26-18)22-11-12-25-17-8-6-7-16(13-17)24-4;/h6-8,13H,5,9-12H2,1-4H3,(H2,20,21,22);1H. The van der Waals surface area contributed by atoms with Crippen LogP contribution in [0.2, 0.25) is 0 Å². The van der Waals surface area contributed by atoms with Crippen LogP contribution in [0.5, 0.6) is 11.5 Å². The molecule has 0 atom stereocenters. The Balaban J connectivity index is 0.00000364. The molecule has 0 saturated heterocycles. The van der Waals surface area contributed by atoms with Crippen molar-refractivity contribution in [2.24, 2.45) is 4.99 Å². The number of methoxy groups -OCH3 is 1. The minimum Gasteiger partial charge on any atom is -0.497 e. The van der Waals surface area contributed by atoms with Gasteiger partial charge >= 0.3 is 0 Å². The summed E-state index contributed by atoms with van der Waals surface area (Å²) in [7, 11) is 1.65. The summed E-state index contributed by atoms with van der Waals surface area (Å²) in [6.45, 7) is 8.94. The van der Waals surface area contributed by atoms with Crippen molar-refractivity contribution in [1.82, 2.24) is 15.6 Å². The molecule has 0 spiro atoms. The first-order chi connectivity index (χ1) is 12.6. The number of aliphatic imine (C=N–C) groups is 1. The smallest absolute Gasteiger partial charge is 0.191 e. The van der Waals surface area contributed by atoms with Crippen molar-refractivity contribution in [2.75, 3.05) is 33.4 Å². The van der Waals surface area contributed by atoms with Crippen LogP contribution in [0.4, 0.5) is 0 Å². The van der Waals surface area contributed by atoms with E-state index in [1.807, 2.05) is 31.2 Å². The average Bonchev–Trinajstić information content (AvgIpc) is 2.96. The van der Waals surface area contributed by atoms with Crippen LogP contribution in [0.3, 0.4) is 0 Å². The molecular weight excluding hydrogens is 475 g/mol. The van der Waals surface area contributed by atoms with Gasteiger partial charge < -0.3 is 20.1 Å². The Labute approximate surface area is 182 Å². The van der Waals surface area contributed by atoms with E-state index in [2.05, 4.69) is 34.5 Å². The van der Waals surface area contributed by atoms with Gasteiger partial charge in [0.05, 0.1) is 24.4 Å². The molecule has 0 bridgehead atoms. The van der Waals surface area contributed by atoms with Gasteiger partial charge in [0.15, 0.2) is 5.96 Å². The third-order valence-electron chi connectivity index (χ3n) is 3.72. The van der Waals surface area contributed by atoms with Crippen molar-refractivity contribution in [3.05, 3.63) is 39.8 Å². The Bertz CT molecular complexity index is 702. The number of nitrogens with zero attached hydrogens (tertiary/aromatic N) is 2. The Hall–Kier alpha value is -1.55. The summed E-state index contributed by atoms with van der Waals surface area (Å²) in [6, 6.07) is 7.60. The number of thiazole rings is 1. The minimum absolute atomic E-state index is 0. The second-order valence-electron chi connectivity index (χ2n) is 5.71. The van der Waals surface area contributed by atoms with Gasteiger partial charge in [0.1, 0.15) is 18.1 Å². The van der Waals surface area contributed by atoms with Crippen LogP contribution in [0.25, 0.3) is 0 Å². The van der Waals surface area contributed by atoms with Crippen molar-refractivity contribution < 1.29 is 9.47 Å². The van der Waals surface area contributed by atoms with Crippen LogP contribution in [-0.2, 0) is 6.42 Å². The Morgan fingerprint density at radius 2 is 2.00 bits per heavy atom. The van der Waals surface area contributed by atoms with Gasteiger partial charge in [-0.1, -0.05) is 6.07 Å². The van der Waals surface area contributed by atoms with Crippen LogP contribution < -0.4 is 20.1 Å². The van der Waals surface area contributed by atoms with Crippen molar-refractivity contribution in [2.45, 2.75) is 27.2 Å². The highest BCUT2D eigenvalue weighted by molar-refractivity contribution is 14.0. The summed E-state index contributed by atoms with van der Waals surface area (Å²) in [6.07, 6.45) is 0.857. The molecule has 0 unspecified atom stereocenters. The monoisotopic (exact) mass is 504 g/mol. The molecule has 27 heavy (non-hydrogen) atoms. The number of guanidine groups is 1. The summed E-state index contributed by atoms with van der Waals surface area (Å²) >= 11 is 1.75. The fraction of sp³-hybridized carbons (Fsp3) is 0.474. The van der Waals surface area contributed by atoms with Crippen LogP contribution in [0.15, 0.2) is 29.3 Å². The number of aryl methyl sites for hydroxylation is 2. The Morgan fingerprint density at radius 3 is 2.67 bits per heavy atom. The zero-order chi connectivity index (χ0) is 18.8. The molecule has 2 N–H and O–H groups in total. The fourth-order valence-electron chi connectivity index (χ4n) is 2.28. The van der Waals surface area contributed by atoms with Gasteiger partial charge in [0.25, 0.3) is 0 Å².